The number of aromatic nitrogens is 4. The molecule has 0 aromatic carbocycles. The SMILES string of the molecule is Clc1ccc(CSc2ncn[nH]2)c(Cl)n1. The molecule has 2 heterocycles. The molecule has 15 heavy (non-hydrogen) atoms. The first-order valence-corrected chi connectivity index (χ1v) is 5.79. The summed E-state index contributed by atoms with van der Waals surface area (Å²) in [6, 6.07) is 3.56. The van der Waals surface area contributed by atoms with Crippen LogP contribution in [0.3, 0.4) is 0 Å². The van der Waals surface area contributed by atoms with Gasteiger partial charge in [0.25, 0.3) is 0 Å². The van der Waals surface area contributed by atoms with Crippen molar-refractivity contribution in [1.29, 1.82) is 0 Å². The van der Waals surface area contributed by atoms with E-state index in [1.165, 1.54) is 18.1 Å². The third-order valence-corrected chi connectivity index (χ3v) is 3.11. The summed E-state index contributed by atoms with van der Waals surface area (Å²) in [5.74, 6) is 0.679. The first-order chi connectivity index (χ1) is 7.25. The van der Waals surface area contributed by atoms with Crippen molar-refractivity contribution in [3.8, 4) is 0 Å². The van der Waals surface area contributed by atoms with Crippen molar-refractivity contribution in [2.24, 2.45) is 0 Å². The van der Waals surface area contributed by atoms with E-state index in [-0.39, 0.29) is 0 Å². The Morgan fingerprint density at radius 3 is 2.87 bits per heavy atom. The first-order valence-electron chi connectivity index (χ1n) is 4.05. The normalized spacial score (nSPS) is 10.5. The van der Waals surface area contributed by atoms with Crippen LogP contribution in [-0.4, -0.2) is 20.2 Å². The number of H-pyrrole nitrogens is 1. The number of pyridine rings is 1. The molecule has 0 fully saturated rings. The maximum Gasteiger partial charge on any atom is 0.183 e. The number of halogens is 2. The first kappa shape index (κ1) is 10.7. The molecule has 0 saturated carbocycles. The van der Waals surface area contributed by atoms with Gasteiger partial charge in [-0.25, -0.2) is 9.97 Å². The zero-order valence-corrected chi connectivity index (χ0v) is 9.77. The van der Waals surface area contributed by atoms with Gasteiger partial charge in [-0.1, -0.05) is 41.0 Å². The fourth-order valence-corrected chi connectivity index (χ4v) is 2.21. The van der Waals surface area contributed by atoms with Crippen LogP contribution in [0.2, 0.25) is 10.3 Å². The number of nitrogens with zero attached hydrogens (tertiary/aromatic N) is 3. The van der Waals surface area contributed by atoms with E-state index in [0.29, 0.717) is 16.1 Å². The van der Waals surface area contributed by atoms with E-state index in [0.717, 1.165) is 10.7 Å². The Morgan fingerprint density at radius 2 is 2.20 bits per heavy atom. The highest BCUT2D eigenvalue weighted by Gasteiger charge is 2.04. The van der Waals surface area contributed by atoms with Crippen LogP contribution in [0, 0.1) is 0 Å². The van der Waals surface area contributed by atoms with Gasteiger partial charge in [0.2, 0.25) is 0 Å². The minimum Gasteiger partial charge on any atom is -0.254 e. The summed E-state index contributed by atoms with van der Waals surface area (Å²) in [6.45, 7) is 0. The fourth-order valence-electron chi connectivity index (χ4n) is 0.959. The maximum absolute atomic E-state index is 5.91. The van der Waals surface area contributed by atoms with Gasteiger partial charge >= 0.3 is 0 Å². The Kier molecular flexibility index (Phi) is 3.45. The average molecular weight is 261 g/mol. The molecular weight excluding hydrogens is 255 g/mol. The van der Waals surface area contributed by atoms with Gasteiger partial charge in [-0.15, -0.1) is 0 Å². The Labute approximate surface area is 100 Å². The Morgan fingerprint density at radius 1 is 1.33 bits per heavy atom. The largest absolute Gasteiger partial charge is 0.254 e. The molecule has 0 spiro atoms. The summed E-state index contributed by atoms with van der Waals surface area (Å²) >= 11 is 13.1. The minimum absolute atomic E-state index is 0.397. The molecule has 0 atom stereocenters. The number of hydrogen-bond acceptors (Lipinski definition) is 4. The average Bonchev–Trinajstić information content (AvgIpc) is 2.69. The molecule has 0 unspecified atom stereocenters. The zero-order chi connectivity index (χ0) is 10.7. The summed E-state index contributed by atoms with van der Waals surface area (Å²) in [5, 5.41) is 8.07. The molecule has 2 rings (SSSR count). The maximum atomic E-state index is 5.91. The molecule has 0 bridgehead atoms. The summed E-state index contributed by atoms with van der Waals surface area (Å²) < 4.78 is 0. The van der Waals surface area contributed by atoms with Gasteiger partial charge in [0, 0.05) is 5.75 Å². The lowest BCUT2D eigenvalue weighted by atomic mass is 10.3. The molecule has 0 radical (unpaired) electrons. The van der Waals surface area contributed by atoms with E-state index >= 15 is 0 Å². The second-order valence-corrected chi connectivity index (χ2v) is 4.37. The molecule has 1 N–H and O–H groups in total. The van der Waals surface area contributed by atoms with Crippen LogP contribution >= 0.6 is 35.0 Å². The van der Waals surface area contributed by atoms with Gasteiger partial charge in [-0.05, 0) is 11.6 Å². The molecule has 78 valence electrons. The molecule has 4 nitrogen and oxygen atoms in total. The third-order valence-electron chi connectivity index (χ3n) is 1.65. The summed E-state index contributed by atoms with van der Waals surface area (Å²) in [5.41, 5.74) is 0.919. The van der Waals surface area contributed by atoms with Crippen LogP contribution in [0.25, 0.3) is 0 Å². The lowest BCUT2D eigenvalue weighted by Gasteiger charge is -2.01. The van der Waals surface area contributed by atoms with E-state index < -0.39 is 0 Å². The van der Waals surface area contributed by atoms with E-state index in [9.17, 15) is 0 Å². The van der Waals surface area contributed by atoms with Crippen LogP contribution in [0.1, 0.15) is 5.56 Å². The molecule has 0 saturated heterocycles. The van der Waals surface area contributed by atoms with E-state index in [4.69, 9.17) is 23.2 Å². The number of aromatic amines is 1. The van der Waals surface area contributed by atoms with Crippen LogP contribution in [0.15, 0.2) is 23.6 Å². The van der Waals surface area contributed by atoms with Gasteiger partial charge in [0.1, 0.15) is 16.6 Å². The minimum atomic E-state index is 0.397. The van der Waals surface area contributed by atoms with Gasteiger partial charge in [0.05, 0.1) is 0 Å². The van der Waals surface area contributed by atoms with Crippen molar-refractivity contribution in [1.82, 2.24) is 20.2 Å². The number of hydrogen-bond donors (Lipinski definition) is 1. The third kappa shape index (κ3) is 2.84. The predicted molar refractivity (Wildman–Crippen MR) is 60.2 cm³/mol. The standard InChI is InChI=1S/C8H6Cl2N4S/c9-6-2-1-5(7(10)13-6)3-15-8-11-4-12-14-8/h1-2,4H,3H2,(H,11,12,14). The monoisotopic (exact) mass is 260 g/mol. The van der Waals surface area contributed by atoms with Crippen molar-refractivity contribution in [3.05, 3.63) is 34.3 Å². The quantitative estimate of drug-likeness (QED) is 0.681. The van der Waals surface area contributed by atoms with Crippen LogP contribution in [-0.2, 0) is 5.75 Å². The summed E-state index contributed by atoms with van der Waals surface area (Å²) in [4.78, 5) is 7.93. The summed E-state index contributed by atoms with van der Waals surface area (Å²) in [6.07, 6.45) is 1.46. The molecule has 0 aliphatic heterocycles. The molecular formula is C8H6Cl2N4S. The van der Waals surface area contributed by atoms with Crippen molar-refractivity contribution in [2.75, 3.05) is 0 Å². The molecule has 2 aromatic rings. The van der Waals surface area contributed by atoms with Crippen LogP contribution in [0.4, 0.5) is 0 Å². The Bertz CT molecular complexity index is 446. The lowest BCUT2D eigenvalue weighted by Crippen LogP contribution is -1.87. The van der Waals surface area contributed by atoms with Crippen molar-refractivity contribution in [2.45, 2.75) is 10.9 Å². The van der Waals surface area contributed by atoms with Gasteiger partial charge in [-0.2, -0.15) is 5.10 Å². The number of nitrogens with one attached hydrogen (secondary N) is 1. The smallest absolute Gasteiger partial charge is 0.183 e. The van der Waals surface area contributed by atoms with E-state index in [1.807, 2.05) is 6.07 Å². The molecule has 0 aliphatic rings. The lowest BCUT2D eigenvalue weighted by molar-refractivity contribution is 0.972. The Balaban J connectivity index is 2.05. The predicted octanol–water partition coefficient (Wildman–Crippen LogP) is 2.80. The second-order valence-electron chi connectivity index (χ2n) is 2.66. The summed E-state index contributed by atoms with van der Waals surface area (Å²) in [7, 11) is 0. The van der Waals surface area contributed by atoms with Crippen LogP contribution in [0.5, 0.6) is 0 Å². The molecule has 0 amide bonds. The van der Waals surface area contributed by atoms with Crippen molar-refractivity contribution in [3.63, 3.8) is 0 Å². The molecule has 0 aliphatic carbocycles. The van der Waals surface area contributed by atoms with E-state index in [1.54, 1.807) is 6.07 Å². The topological polar surface area (TPSA) is 54.5 Å². The fraction of sp³-hybridized carbons (Fsp3) is 0.125. The molecule has 7 heteroatoms. The highest BCUT2D eigenvalue weighted by atomic mass is 35.5. The number of rotatable bonds is 3. The zero-order valence-electron chi connectivity index (χ0n) is 7.44. The van der Waals surface area contributed by atoms with Gasteiger partial charge in [0.15, 0.2) is 5.16 Å². The second kappa shape index (κ2) is 4.83. The van der Waals surface area contributed by atoms with Gasteiger partial charge < -0.3 is 0 Å². The van der Waals surface area contributed by atoms with E-state index in [2.05, 4.69) is 20.2 Å². The number of thioether (sulfide) groups is 1. The van der Waals surface area contributed by atoms with Crippen LogP contribution < -0.4 is 0 Å². The highest BCUT2D eigenvalue weighted by Crippen LogP contribution is 2.24. The van der Waals surface area contributed by atoms with Crippen molar-refractivity contribution < 1.29 is 0 Å². The Hall–Kier alpha value is -0.780. The highest BCUT2D eigenvalue weighted by molar-refractivity contribution is 7.98. The van der Waals surface area contributed by atoms with Crippen molar-refractivity contribution >= 4 is 35.0 Å². The molecule has 2 aromatic heterocycles. The van der Waals surface area contributed by atoms with Gasteiger partial charge in [-0.3, -0.25) is 5.10 Å².